The molecule has 2 heterocycles. The Morgan fingerprint density at radius 2 is 2.00 bits per heavy atom. The van der Waals surface area contributed by atoms with Crippen LogP contribution in [-0.4, -0.2) is 48.9 Å². The first-order valence-electron chi connectivity index (χ1n) is 7.02. The van der Waals surface area contributed by atoms with Crippen LogP contribution in [0.4, 0.5) is 0 Å². The SMILES string of the molecule is CCNC(=O)C1CCN(C(=O)[C@@H]2CCCN2)CC1. The number of hydrogen-bond acceptors (Lipinski definition) is 3. The van der Waals surface area contributed by atoms with Crippen LogP contribution in [0.15, 0.2) is 0 Å². The zero-order valence-corrected chi connectivity index (χ0v) is 11.1. The van der Waals surface area contributed by atoms with Crippen molar-refractivity contribution in [1.82, 2.24) is 15.5 Å². The first-order valence-corrected chi connectivity index (χ1v) is 7.02. The Kier molecular flexibility index (Phi) is 4.58. The highest BCUT2D eigenvalue weighted by atomic mass is 16.2. The molecule has 2 aliphatic rings. The van der Waals surface area contributed by atoms with Gasteiger partial charge in [-0.25, -0.2) is 0 Å². The zero-order chi connectivity index (χ0) is 13.0. The van der Waals surface area contributed by atoms with Gasteiger partial charge >= 0.3 is 0 Å². The number of piperidine rings is 1. The molecule has 2 amide bonds. The van der Waals surface area contributed by atoms with E-state index in [1.165, 1.54) is 0 Å². The Morgan fingerprint density at radius 3 is 2.56 bits per heavy atom. The smallest absolute Gasteiger partial charge is 0.239 e. The summed E-state index contributed by atoms with van der Waals surface area (Å²) in [6.07, 6.45) is 3.63. The van der Waals surface area contributed by atoms with E-state index in [4.69, 9.17) is 0 Å². The van der Waals surface area contributed by atoms with Crippen molar-refractivity contribution in [3.8, 4) is 0 Å². The van der Waals surface area contributed by atoms with Crippen LogP contribution in [0.2, 0.25) is 0 Å². The number of carbonyl (C=O) groups excluding carboxylic acids is 2. The van der Waals surface area contributed by atoms with Crippen LogP contribution in [0, 0.1) is 5.92 Å². The molecule has 0 saturated carbocycles. The minimum Gasteiger partial charge on any atom is -0.356 e. The van der Waals surface area contributed by atoms with Crippen molar-refractivity contribution in [3.63, 3.8) is 0 Å². The van der Waals surface area contributed by atoms with Crippen LogP contribution in [0.5, 0.6) is 0 Å². The topological polar surface area (TPSA) is 61.4 Å². The number of likely N-dealkylation sites (tertiary alicyclic amines) is 1. The van der Waals surface area contributed by atoms with Gasteiger partial charge in [-0.1, -0.05) is 0 Å². The molecule has 2 N–H and O–H groups in total. The van der Waals surface area contributed by atoms with Gasteiger partial charge in [0.2, 0.25) is 11.8 Å². The van der Waals surface area contributed by atoms with Crippen LogP contribution in [0.3, 0.4) is 0 Å². The normalized spacial score (nSPS) is 25.2. The quantitative estimate of drug-likeness (QED) is 0.750. The molecule has 0 aliphatic carbocycles. The third kappa shape index (κ3) is 3.02. The lowest BCUT2D eigenvalue weighted by atomic mass is 9.95. The molecule has 0 aromatic heterocycles. The van der Waals surface area contributed by atoms with E-state index >= 15 is 0 Å². The summed E-state index contributed by atoms with van der Waals surface area (Å²) in [6, 6.07) is 0.0195. The summed E-state index contributed by atoms with van der Waals surface area (Å²) in [6.45, 7) is 5.01. The van der Waals surface area contributed by atoms with Gasteiger partial charge in [-0.15, -0.1) is 0 Å². The summed E-state index contributed by atoms with van der Waals surface area (Å²) in [4.78, 5) is 25.8. The van der Waals surface area contributed by atoms with Crippen molar-refractivity contribution in [1.29, 1.82) is 0 Å². The Bertz CT molecular complexity index is 305. The molecular formula is C13H23N3O2. The standard InChI is InChI=1S/C13H23N3O2/c1-2-14-12(17)10-5-8-16(9-6-10)13(18)11-4-3-7-15-11/h10-11,15H,2-9H2,1H3,(H,14,17)/t11-/m0/s1. The minimum atomic E-state index is 0.0195. The summed E-state index contributed by atoms with van der Waals surface area (Å²) in [5.74, 6) is 0.455. The van der Waals surface area contributed by atoms with Gasteiger partial charge in [0.05, 0.1) is 6.04 Å². The van der Waals surface area contributed by atoms with Crippen molar-refractivity contribution < 1.29 is 9.59 Å². The molecule has 5 heteroatoms. The van der Waals surface area contributed by atoms with E-state index in [-0.39, 0.29) is 23.8 Å². The maximum absolute atomic E-state index is 12.2. The maximum Gasteiger partial charge on any atom is 0.239 e. The Balaban J connectivity index is 1.79. The summed E-state index contributed by atoms with van der Waals surface area (Å²) < 4.78 is 0. The second kappa shape index (κ2) is 6.18. The fourth-order valence-electron chi connectivity index (χ4n) is 2.80. The van der Waals surface area contributed by atoms with Crippen LogP contribution in [0.1, 0.15) is 32.6 Å². The van der Waals surface area contributed by atoms with Crippen molar-refractivity contribution >= 4 is 11.8 Å². The zero-order valence-electron chi connectivity index (χ0n) is 11.1. The predicted molar refractivity (Wildman–Crippen MR) is 69.0 cm³/mol. The summed E-state index contributed by atoms with van der Waals surface area (Å²) in [7, 11) is 0. The summed E-state index contributed by atoms with van der Waals surface area (Å²) in [5, 5.41) is 6.10. The highest BCUT2D eigenvalue weighted by molar-refractivity contribution is 5.83. The van der Waals surface area contributed by atoms with Crippen LogP contribution < -0.4 is 10.6 Å². The number of amides is 2. The van der Waals surface area contributed by atoms with Gasteiger partial charge in [-0.05, 0) is 39.2 Å². The average molecular weight is 253 g/mol. The Morgan fingerprint density at radius 1 is 1.28 bits per heavy atom. The molecule has 102 valence electrons. The first-order chi connectivity index (χ1) is 8.72. The molecule has 2 aliphatic heterocycles. The molecule has 0 unspecified atom stereocenters. The van der Waals surface area contributed by atoms with Gasteiger partial charge in [-0.2, -0.15) is 0 Å². The molecule has 0 spiro atoms. The monoisotopic (exact) mass is 253 g/mol. The average Bonchev–Trinajstić information content (AvgIpc) is 2.92. The molecule has 0 aromatic rings. The number of rotatable bonds is 3. The largest absolute Gasteiger partial charge is 0.356 e. The molecule has 18 heavy (non-hydrogen) atoms. The Hall–Kier alpha value is -1.10. The van der Waals surface area contributed by atoms with E-state index < -0.39 is 0 Å². The fraction of sp³-hybridized carbons (Fsp3) is 0.846. The second-order valence-corrected chi connectivity index (χ2v) is 5.14. The fourth-order valence-corrected chi connectivity index (χ4v) is 2.80. The lowest BCUT2D eigenvalue weighted by molar-refractivity contribution is -0.137. The van der Waals surface area contributed by atoms with Gasteiger partial charge < -0.3 is 15.5 Å². The Labute approximate surface area is 108 Å². The third-order valence-electron chi connectivity index (χ3n) is 3.89. The molecule has 2 fully saturated rings. The number of carbonyl (C=O) groups is 2. The van der Waals surface area contributed by atoms with E-state index in [9.17, 15) is 9.59 Å². The van der Waals surface area contributed by atoms with Crippen LogP contribution >= 0.6 is 0 Å². The van der Waals surface area contributed by atoms with Gasteiger partial charge in [0.1, 0.15) is 0 Å². The lowest BCUT2D eigenvalue weighted by Gasteiger charge is -2.32. The predicted octanol–water partition coefficient (Wildman–Crippen LogP) is 0.113. The maximum atomic E-state index is 12.2. The number of hydrogen-bond donors (Lipinski definition) is 2. The lowest BCUT2D eigenvalue weighted by Crippen LogP contribution is -2.48. The summed E-state index contributed by atoms with van der Waals surface area (Å²) in [5.41, 5.74) is 0. The van der Waals surface area contributed by atoms with Gasteiger partial charge in [0, 0.05) is 25.6 Å². The van der Waals surface area contributed by atoms with E-state index in [0.717, 1.165) is 45.3 Å². The molecule has 0 bridgehead atoms. The summed E-state index contributed by atoms with van der Waals surface area (Å²) >= 11 is 0. The van der Waals surface area contributed by atoms with Crippen molar-refractivity contribution in [3.05, 3.63) is 0 Å². The first kappa shape index (κ1) is 13.3. The van der Waals surface area contributed by atoms with E-state index in [1.807, 2.05) is 11.8 Å². The molecule has 0 aromatic carbocycles. The van der Waals surface area contributed by atoms with Gasteiger partial charge in [0.15, 0.2) is 0 Å². The minimum absolute atomic E-state index is 0.0195. The third-order valence-corrected chi connectivity index (χ3v) is 3.89. The van der Waals surface area contributed by atoms with Crippen LogP contribution in [0.25, 0.3) is 0 Å². The van der Waals surface area contributed by atoms with Crippen molar-refractivity contribution in [2.75, 3.05) is 26.2 Å². The van der Waals surface area contributed by atoms with Gasteiger partial charge in [-0.3, -0.25) is 9.59 Å². The second-order valence-electron chi connectivity index (χ2n) is 5.14. The molecular weight excluding hydrogens is 230 g/mol. The van der Waals surface area contributed by atoms with Gasteiger partial charge in [0.25, 0.3) is 0 Å². The number of nitrogens with zero attached hydrogens (tertiary/aromatic N) is 1. The highest BCUT2D eigenvalue weighted by Gasteiger charge is 2.31. The molecule has 1 atom stereocenters. The molecule has 5 nitrogen and oxygen atoms in total. The molecule has 2 saturated heterocycles. The number of nitrogens with one attached hydrogen (secondary N) is 2. The van der Waals surface area contributed by atoms with E-state index in [1.54, 1.807) is 0 Å². The van der Waals surface area contributed by atoms with Crippen LogP contribution in [-0.2, 0) is 9.59 Å². The van der Waals surface area contributed by atoms with Crippen molar-refractivity contribution in [2.45, 2.75) is 38.6 Å². The highest BCUT2D eigenvalue weighted by Crippen LogP contribution is 2.19. The molecule has 0 radical (unpaired) electrons. The van der Waals surface area contributed by atoms with Crippen molar-refractivity contribution in [2.24, 2.45) is 5.92 Å². The molecule has 2 rings (SSSR count). The van der Waals surface area contributed by atoms with E-state index in [2.05, 4.69) is 10.6 Å². The van der Waals surface area contributed by atoms with E-state index in [0.29, 0.717) is 6.54 Å².